The molecule has 1 N–H and O–H groups in total. The number of hydrogen-bond donors (Lipinski definition) is 1. The molecule has 0 saturated carbocycles. The Hall–Kier alpha value is -2.14. The van der Waals surface area contributed by atoms with Gasteiger partial charge < -0.3 is 9.72 Å². The summed E-state index contributed by atoms with van der Waals surface area (Å²) in [4.78, 5) is 20.6. The molecule has 0 radical (unpaired) electrons. The Kier molecular flexibility index (Phi) is 3.51. The van der Waals surface area contributed by atoms with Gasteiger partial charge in [0.05, 0.1) is 12.5 Å². The zero-order valence-corrected chi connectivity index (χ0v) is 13.0. The average molecular weight is 300 g/mol. The molecule has 0 fully saturated rings. The number of ether oxygens (including phenoxy) is 1. The van der Waals surface area contributed by atoms with Crippen LogP contribution in [0.2, 0.25) is 0 Å². The van der Waals surface area contributed by atoms with E-state index in [9.17, 15) is 4.79 Å². The van der Waals surface area contributed by atoms with Crippen LogP contribution >= 0.6 is 11.3 Å². The maximum Gasteiger partial charge on any atom is 0.260 e. The molecule has 0 bridgehead atoms. The first-order valence-corrected chi connectivity index (χ1v) is 7.64. The molecule has 2 heterocycles. The van der Waals surface area contributed by atoms with Crippen molar-refractivity contribution in [1.82, 2.24) is 9.97 Å². The van der Waals surface area contributed by atoms with E-state index in [0.717, 1.165) is 27.5 Å². The number of aromatic amines is 1. The van der Waals surface area contributed by atoms with Crippen molar-refractivity contribution in [2.75, 3.05) is 7.11 Å². The zero-order valence-electron chi connectivity index (χ0n) is 12.1. The first-order valence-electron chi connectivity index (χ1n) is 6.76. The Morgan fingerprint density at radius 3 is 2.86 bits per heavy atom. The molecule has 0 atom stereocenters. The third kappa shape index (κ3) is 2.45. The number of fused-ring (bicyclic) bond motifs is 1. The summed E-state index contributed by atoms with van der Waals surface area (Å²) >= 11 is 1.50. The highest BCUT2D eigenvalue weighted by Crippen LogP contribution is 2.32. The van der Waals surface area contributed by atoms with Crippen molar-refractivity contribution in [3.8, 4) is 16.9 Å². The van der Waals surface area contributed by atoms with Crippen molar-refractivity contribution in [2.24, 2.45) is 0 Å². The number of H-pyrrole nitrogens is 1. The van der Waals surface area contributed by atoms with Gasteiger partial charge in [0.15, 0.2) is 0 Å². The third-order valence-corrected chi connectivity index (χ3v) is 4.26. The fourth-order valence-corrected chi connectivity index (χ4v) is 3.20. The summed E-state index contributed by atoms with van der Waals surface area (Å²) in [6.45, 7) is 4.03. The Morgan fingerprint density at radius 2 is 2.14 bits per heavy atom. The van der Waals surface area contributed by atoms with Gasteiger partial charge in [-0.25, -0.2) is 4.98 Å². The molecular weight excluding hydrogens is 284 g/mol. The number of nitrogens with one attached hydrogen (secondary N) is 1. The van der Waals surface area contributed by atoms with Crippen LogP contribution in [-0.2, 0) is 0 Å². The number of aromatic nitrogens is 2. The zero-order chi connectivity index (χ0) is 15.0. The van der Waals surface area contributed by atoms with Crippen LogP contribution in [0, 0.1) is 0 Å². The van der Waals surface area contributed by atoms with Crippen molar-refractivity contribution in [3.63, 3.8) is 0 Å². The highest BCUT2D eigenvalue weighted by molar-refractivity contribution is 7.17. The highest BCUT2D eigenvalue weighted by Gasteiger charge is 2.14. The maximum absolute atomic E-state index is 12.4. The molecule has 0 unspecified atom stereocenters. The number of benzene rings is 1. The second-order valence-electron chi connectivity index (χ2n) is 5.17. The number of rotatable bonds is 3. The van der Waals surface area contributed by atoms with Crippen molar-refractivity contribution in [1.29, 1.82) is 0 Å². The summed E-state index contributed by atoms with van der Waals surface area (Å²) in [5.74, 6) is 1.70. The summed E-state index contributed by atoms with van der Waals surface area (Å²) in [6.07, 6.45) is 0. The molecule has 1 aromatic carbocycles. The van der Waals surface area contributed by atoms with Gasteiger partial charge in [0, 0.05) is 16.9 Å². The molecule has 3 aromatic rings. The van der Waals surface area contributed by atoms with Crippen LogP contribution in [0.15, 0.2) is 34.4 Å². The van der Waals surface area contributed by atoms with Crippen molar-refractivity contribution in [2.45, 2.75) is 19.8 Å². The number of thiophene rings is 1. The van der Waals surface area contributed by atoms with Crippen LogP contribution in [0.25, 0.3) is 21.3 Å². The molecule has 0 saturated heterocycles. The minimum atomic E-state index is -0.0808. The molecule has 4 nitrogen and oxygen atoms in total. The van der Waals surface area contributed by atoms with Crippen LogP contribution < -0.4 is 10.3 Å². The Bertz CT molecular complexity index is 849. The molecule has 0 amide bonds. The van der Waals surface area contributed by atoms with E-state index in [2.05, 4.69) is 9.97 Å². The van der Waals surface area contributed by atoms with E-state index >= 15 is 0 Å². The largest absolute Gasteiger partial charge is 0.497 e. The first-order chi connectivity index (χ1) is 10.1. The first kappa shape index (κ1) is 13.8. The van der Waals surface area contributed by atoms with Crippen LogP contribution in [-0.4, -0.2) is 17.1 Å². The van der Waals surface area contributed by atoms with E-state index in [4.69, 9.17) is 4.74 Å². The molecule has 0 spiro atoms. The Morgan fingerprint density at radius 1 is 1.33 bits per heavy atom. The lowest BCUT2D eigenvalue weighted by Gasteiger charge is -2.05. The minimum Gasteiger partial charge on any atom is -0.497 e. The topological polar surface area (TPSA) is 55.0 Å². The van der Waals surface area contributed by atoms with Crippen molar-refractivity contribution < 1.29 is 4.74 Å². The molecule has 108 valence electrons. The summed E-state index contributed by atoms with van der Waals surface area (Å²) in [7, 11) is 1.63. The fraction of sp³-hybridized carbons (Fsp3) is 0.250. The van der Waals surface area contributed by atoms with Gasteiger partial charge in [-0.05, 0) is 17.7 Å². The van der Waals surface area contributed by atoms with Crippen molar-refractivity contribution >= 4 is 21.6 Å². The predicted molar refractivity (Wildman–Crippen MR) is 86.3 cm³/mol. The van der Waals surface area contributed by atoms with Gasteiger partial charge in [0.2, 0.25) is 0 Å². The standard InChI is InChI=1S/C16H16N2O2S/c1-9(2)14-17-15(19)13-12(8-21-16(13)18-14)10-5-4-6-11(7-10)20-3/h4-9H,1-3H3,(H,17,18,19). The number of hydrogen-bond acceptors (Lipinski definition) is 4. The van der Waals surface area contributed by atoms with Gasteiger partial charge in [-0.2, -0.15) is 0 Å². The summed E-state index contributed by atoms with van der Waals surface area (Å²) < 4.78 is 5.25. The van der Waals surface area contributed by atoms with Crippen LogP contribution in [0.5, 0.6) is 5.75 Å². The van der Waals surface area contributed by atoms with Crippen LogP contribution in [0.1, 0.15) is 25.6 Å². The van der Waals surface area contributed by atoms with E-state index in [-0.39, 0.29) is 11.5 Å². The lowest BCUT2D eigenvalue weighted by Crippen LogP contribution is -2.12. The second kappa shape index (κ2) is 5.33. The summed E-state index contributed by atoms with van der Waals surface area (Å²) in [5, 5.41) is 2.63. The normalized spacial score (nSPS) is 11.2. The van der Waals surface area contributed by atoms with Gasteiger partial charge in [-0.15, -0.1) is 11.3 Å². The summed E-state index contributed by atoms with van der Waals surface area (Å²) in [5.41, 5.74) is 1.78. The van der Waals surface area contributed by atoms with E-state index in [1.165, 1.54) is 11.3 Å². The fourth-order valence-electron chi connectivity index (χ4n) is 2.24. The lowest BCUT2D eigenvalue weighted by atomic mass is 10.1. The highest BCUT2D eigenvalue weighted by atomic mass is 32.1. The maximum atomic E-state index is 12.4. The molecule has 0 aliphatic rings. The smallest absolute Gasteiger partial charge is 0.260 e. The lowest BCUT2D eigenvalue weighted by molar-refractivity contribution is 0.415. The van der Waals surface area contributed by atoms with Crippen molar-refractivity contribution in [3.05, 3.63) is 45.8 Å². The molecule has 2 aromatic heterocycles. The predicted octanol–water partition coefficient (Wildman–Crippen LogP) is 3.78. The SMILES string of the molecule is COc1cccc(-c2csc3nc(C(C)C)[nH]c(=O)c23)c1. The molecule has 5 heteroatoms. The third-order valence-electron chi connectivity index (χ3n) is 3.39. The van der Waals surface area contributed by atoms with E-state index in [1.54, 1.807) is 7.11 Å². The quantitative estimate of drug-likeness (QED) is 0.800. The van der Waals surface area contributed by atoms with E-state index < -0.39 is 0 Å². The molecule has 3 rings (SSSR count). The number of nitrogens with zero attached hydrogens (tertiary/aromatic N) is 1. The Labute approximate surface area is 126 Å². The van der Waals surface area contributed by atoms with Gasteiger partial charge in [0.1, 0.15) is 16.4 Å². The van der Waals surface area contributed by atoms with Gasteiger partial charge in [0.25, 0.3) is 5.56 Å². The minimum absolute atomic E-state index is 0.0808. The molecule has 21 heavy (non-hydrogen) atoms. The van der Waals surface area contributed by atoms with Crippen LogP contribution in [0.3, 0.4) is 0 Å². The Balaban J connectivity index is 2.22. The van der Waals surface area contributed by atoms with E-state index in [0.29, 0.717) is 5.39 Å². The number of methoxy groups -OCH3 is 1. The molecule has 0 aliphatic heterocycles. The molecular formula is C16H16N2O2S. The van der Waals surface area contributed by atoms with Gasteiger partial charge in [-0.3, -0.25) is 4.79 Å². The van der Waals surface area contributed by atoms with E-state index in [1.807, 2.05) is 43.5 Å². The van der Waals surface area contributed by atoms with Gasteiger partial charge >= 0.3 is 0 Å². The van der Waals surface area contributed by atoms with Gasteiger partial charge in [-0.1, -0.05) is 26.0 Å². The molecule has 0 aliphatic carbocycles. The summed E-state index contributed by atoms with van der Waals surface area (Å²) in [6, 6.07) is 7.70. The average Bonchev–Trinajstić information content (AvgIpc) is 2.91. The monoisotopic (exact) mass is 300 g/mol. The van der Waals surface area contributed by atoms with Crippen LogP contribution in [0.4, 0.5) is 0 Å². The second-order valence-corrected chi connectivity index (χ2v) is 6.03.